The number of likely N-dealkylation sites (N-methyl/N-ethyl adjacent to an activating group) is 2. The molecule has 1 saturated heterocycles. The molecule has 25 heavy (non-hydrogen) atoms. The van der Waals surface area contributed by atoms with E-state index in [9.17, 15) is 9.59 Å². The van der Waals surface area contributed by atoms with Crippen LogP contribution < -0.4 is 4.90 Å². The first-order valence-electron chi connectivity index (χ1n) is 8.82. The van der Waals surface area contributed by atoms with Crippen molar-refractivity contribution in [2.24, 2.45) is 0 Å². The van der Waals surface area contributed by atoms with Gasteiger partial charge >= 0.3 is 0 Å². The van der Waals surface area contributed by atoms with Crippen LogP contribution in [0.5, 0.6) is 0 Å². The summed E-state index contributed by atoms with van der Waals surface area (Å²) in [5.74, 6) is 0.191. The lowest BCUT2D eigenvalue weighted by Gasteiger charge is -2.40. The summed E-state index contributed by atoms with van der Waals surface area (Å²) < 4.78 is 5.06. The van der Waals surface area contributed by atoms with E-state index in [0.29, 0.717) is 26.2 Å². The third-order valence-corrected chi connectivity index (χ3v) is 5.42. The van der Waals surface area contributed by atoms with Crippen LogP contribution in [-0.4, -0.2) is 75.6 Å². The number of rotatable bonds is 5. The average molecular weight is 345 g/mol. The van der Waals surface area contributed by atoms with Crippen LogP contribution in [-0.2, 0) is 19.7 Å². The summed E-state index contributed by atoms with van der Waals surface area (Å²) in [5, 5.41) is 0. The van der Waals surface area contributed by atoms with Crippen LogP contribution in [0.4, 0.5) is 5.69 Å². The predicted octanol–water partition coefficient (Wildman–Crippen LogP) is 1.10. The second kappa shape index (κ2) is 7.14. The smallest absolute Gasteiger partial charge is 0.239 e. The normalized spacial score (nSPS) is 22.8. The van der Waals surface area contributed by atoms with Gasteiger partial charge in [0.15, 0.2) is 0 Å². The number of hydrogen-bond acceptors (Lipinski definition) is 4. The molecule has 1 atom stereocenters. The summed E-state index contributed by atoms with van der Waals surface area (Å²) in [6.07, 6.45) is 1.65. The second-order valence-electron chi connectivity index (χ2n) is 7.11. The van der Waals surface area contributed by atoms with Gasteiger partial charge in [0.05, 0.1) is 18.6 Å². The molecule has 3 rings (SSSR count). The summed E-state index contributed by atoms with van der Waals surface area (Å²) in [4.78, 5) is 31.3. The molecule has 6 heteroatoms. The monoisotopic (exact) mass is 345 g/mol. The molecule has 0 bridgehead atoms. The van der Waals surface area contributed by atoms with Gasteiger partial charge in [-0.25, -0.2) is 0 Å². The number of methoxy groups -OCH3 is 1. The summed E-state index contributed by atoms with van der Waals surface area (Å²) in [6.45, 7) is 2.86. The van der Waals surface area contributed by atoms with E-state index in [1.165, 1.54) is 0 Å². The zero-order valence-corrected chi connectivity index (χ0v) is 15.3. The number of fused-ring (bicyclic) bond motifs is 2. The summed E-state index contributed by atoms with van der Waals surface area (Å²) in [7, 11) is 5.40. The SMILES string of the molecule is COCCN(C)CC(=O)N1CCC[C@@]2(C1)C(=O)N(C)c1ccccc12. The van der Waals surface area contributed by atoms with Gasteiger partial charge in [-0.15, -0.1) is 0 Å². The third-order valence-electron chi connectivity index (χ3n) is 5.42. The second-order valence-corrected chi connectivity index (χ2v) is 7.11. The molecule has 1 aromatic rings. The average Bonchev–Trinajstić information content (AvgIpc) is 2.83. The maximum atomic E-state index is 13.0. The van der Waals surface area contributed by atoms with E-state index >= 15 is 0 Å². The van der Waals surface area contributed by atoms with Gasteiger partial charge in [0.2, 0.25) is 11.8 Å². The molecule has 0 radical (unpaired) electrons. The van der Waals surface area contributed by atoms with Crippen LogP contribution >= 0.6 is 0 Å². The van der Waals surface area contributed by atoms with E-state index < -0.39 is 5.41 Å². The molecule has 2 heterocycles. The first-order chi connectivity index (χ1) is 12.0. The first kappa shape index (κ1) is 17.9. The third kappa shape index (κ3) is 3.16. The topological polar surface area (TPSA) is 53.1 Å². The highest BCUT2D eigenvalue weighted by Crippen LogP contribution is 2.46. The molecule has 0 N–H and O–H groups in total. The number of likely N-dealkylation sites (tertiary alicyclic amines) is 1. The fourth-order valence-electron chi connectivity index (χ4n) is 4.04. The number of para-hydroxylation sites is 1. The quantitative estimate of drug-likeness (QED) is 0.802. The fraction of sp³-hybridized carbons (Fsp3) is 0.579. The number of amides is 2. The van der Waals surface area contributed by atoms with Crippen molar-refractivity contribution in [3.63, 3.8) is 0 Å². The Morgan fingerprint density at radius 1 is 1.36 bits per heavy atom. The van der Waals surface area contributed by atoms with Gasteiger partial charge in [-0.1, -0.05) is 18.2 Å². The van der Waals surface area contributed by atoms with Crippen LogP contribution in [0.2, 0.25) is 0 Å². The van der Waals surface area contributed by atoms with Crippen molar-refractivity contribution in [3.05, 3.63) is 29.8 Å². The highest BCUT2D eigenvalue weighted by Gasteiger charge is 2.52. The van der Waals surface area contributed by atoms with Gasteiger partial charge in [-0.05, 0) is 31.5 Å². The number of benzene rings is 1. The minimum absolute atomic E-state index is 0.0810. The van der Waals surface area contributed by atoms with Crippen LogP contribution in [0.25, 0.3) is 0 Å². The number of nitrogens with zero attached hydrogens (tertiary/aromatic N) is 3. The Morgan fingerprint density at radius 2 is 2.12 bits per heavy atom. The standard InChI is InChI=1S/C19H27N3O3/c1-20(11-12-25-3)13-17(23)22-10-6-9-19(14-22)15-7-4-5-8-16(15)21(2)18(19)24/h4-5,7-8H,6,9-14H2,1-3H3/t19-/m0/s1. The minimum atomic E-state index is -0.579. The molecule has 1 aromatic carbocycles. The first-order valence-corrected chi connectivity index (χ1v) is 8.82. The molecule has 0 unspecified atom stereocenters. The molecule has 0 aromatic heterocycles. The Bertz CT molecular complexity index is 663. The molecule has 0 aliphatic carbocycles. The van der Waals surface area contributed by atoms with Gasteiger partial charge in [0, 0.05) is 39.5 Å². The van der Waals surface area contributed by atoms with E-state index in [1.54, 1.807) is 12.0 Å². The van der Waals surface area contributed by atoms with E-state index in [1.807, 2.05) is 48.2 Å². The zero-order valence-electron chi connectivity index (χ0n) is 15.3. The van der Waals surface area contributed by atoms with Crippen molar-refractivity contribution in [3.8, 4) is 0 Å². The number of hydrogen-bond donors (Lipinski definition) is 0. The number of anilines is 1. The highest BCUT2D eigenvalue weighted by atomic mass is 16.5. The fourth-order valence-corrected chi connectivity index (χ4v) is 4.04. The molecule has 2 aliphatic rings. The van der Waals surface area contributed by atoms with Gasteiger partial charge in [-0.2, -0.15) is 0 Å². The van der Waals surface area contributed by atoms with Gasteiger partial charge in [0.1, 0.15) is 0 Å². The lowest BCUT2D eigenvalue weighted by Crippen LogP contribution is -2.54. The van der Waals surface area contributed by atoms with Crippen molar-refractivity contribution in [2.45, 2.75) is 18.3 Å². The molecule has 0 saturated carbocycles. The van der Waals surface area contributed by atoms with Gasteiger partial charge < -0.3 is 14.5 Å². The molecule has 2 amide bonds. The molecular formula is C19H27N3O3. The number of carbonyl (C=O) groups excluding carboxylic acids is 2. The number of piperidine rings is 1. The Balaban J connectivity index is 1.77. The van der Waals surface area contributed by atoms with E-state index in [4.69, 9.17) is 4.74 Å². The largest absolute Gasteiger partial charge is 0.383 e. The van der Waals surface area contributed by atoms with Crippen LogP contribution in [0.3, 0.4) is 0 Å². The molecule has 6 nitrogen and oxygen atoms in total. The number of carbonyl (C=O) groups is 2. The van der Waals surface area contributed by atoms with Crippen molar-refractivity contribution >= 4 is 17.5 Å². The maximum absolute atomic E-state index is 13.0. The van der Waals surface area contributed by atoms with Gasteiger partial charge in [0.25, 0.3) is 0 Å². The van der Waals surface area contributed by atoms with Crippen LogP contribution in [0.1, 0.15) is 18.4 Å². The molecular weight excluding hydrogens is 318 g/mol. The zero-order chi connectivity index (χ0) is 18.0. The molecule has 1 fully saturated rings. The van der Waals surface area contributed by atoms with E-state index in [0.717, 1.165) is 30.6 Å². The summed E-state index contributed by atoms with van der Waals surface area (Å²) in [5.41, 5.74) is 1.46. The van der Waals surface area contributed by atoms with E-state index in [2.05, 4.69) is 0 Å². The number of ether oxygens (including phenoxy) is 1. The van der Waals surface area contributed by atoms with E-state index in [-0.39, 0.29) is 11.8 Å². The van der Waals surface area contributed by atoms with Crippen molar-refractivity contribution in [1.29, 1.82) is 0 Å². The molecule has 136 valence electrons. The maximum Gasteiger partial charge on any atom is 0.239 e. The van der Waals surface area contributed by atoms with Crippen LogP contribution in [0, 0.1) is 0 Å². The van der Waals surface area contributed by atoms with Gasteiger partial charge in [-0.3, -0.25) is 14.5 Å². The lowest BCUT2D eigenvalue weighted by molar-refractivity contribution is -0.136. The molecule has 2 aliphatic heterocycles. The van der Waals surface area contributed by atoms with Crippen molar-refractivity contribution < 1.29 is 14.3 Å². The highest BCUT2D eigenvalue weighted by molar-refractivity contribution is 6.08. The minimum Gasteiger partial charge on any atom is -0.383 e. The summed E-state index contributed by atoms with van der Waals surface area (Å²) >= 11 is 0. The lowest BCUT2D eigenvalue weighted by atomic mass is 9.75. The van der Waals surface area contributed by atoms with Crippen molar-refractivity contribution in [2.75, 3.05) is 58.9 Å². The van der Waals surface area contributed by atoms with Crippen molar-refractivity contribution in [1.82, 2.24) is 9.80 Å². The summed E-state index contributed by atoms with van der Waals surface area (Å²) in [6, 6.07) is 7.96. The Labute approximate surface area is 149 Å². The predicted molar refractivity (Wildman–Crippen MR) is 96.7 cm³/mol. The Kier molecular flexibility index (Phi) is 5.11. The van der Waals surface area contributed by atoms with Crippen LogP contribution in [0.15, 0.2) is 24.3 Å². The molecule has 1 spiro atoms. The Hall–Kier alpha value is -1.92. The Morgan fingerprint density at radius 3 is 2.88 bits per heavy atom.